The zero-order valence-electron chi connectivity index (χ0n) is 13.4. The Balaban J connectivity index is 2.08. The molecule has 3 heteroatoms. The van der Waals surface area contributed by atoms with Gasteiger partial charge in [0.25, 0.3) is 0 Å². The van der Waals surface area contributed by atoms with E-state index in [9.17, 15) is 0 Å². The van der Waals surface area contributed by atoms with Gasteiger partial charge in [0.15, 0.2) is 0 Å². The minimum atomic E-state index is 0.508. The molecule has 0 saturated heterocycles. The molecule has 2 aromatic rings. The summed E-state index contributed by atoms with van der Waals surface area (Å²) in [6.45, 7) is 9.15. The van der Waals surface area contributed by atoms with Crippen molar-refractivity contribution in [2.45, 2.75) is 59.2 Å². The molecule has 0 saturated carbocycles. The number of fused-ring (bicyclic) bond motifs is 1. The second kappa shape index (κ2) is 8.52. The van der Waals surface area contributed by atoms with Crippen molar-refractivity contribution in [3.8, 4) is 0 Å². The number of unbranched alkanes of at least 4 members (excludes halogenated alkanes) is 2. The molecule has 1 N–H and O–H groups in total. The maximum atomic E-state index is 5.91. The molecule has 1 heterocycles. The van der Waals surface area contributed by atoms with Crippen LogP contribution in [0.2, 0.25) is 0 Å². The molecule has 0 unspecified atom stereocenters. The van der Waals surface area contributed by atoms with Crippen LogP contribution in [0.4, 0.5) is 0 Å². The van der Waals surface area contributed by atoms with E-state index in [1.165, 1.54) is 33.4 Å². The topological polar surface area (TPSA) is 21.3 Å². The second-order valence-electron chi connectivity index (χ2n) is 5.80. The van der Waals surface area contributed by atoms with Crippen LogP contribution in [-0.2, 0) is 17.9 Å². The molecule has 0 fully saturated rings. The van der Waals surface area contributed by atoms with E-state index in [4.69, 9.17) is 4.74 Å². The highest BCUT2D eigenvalue weighted by molar-refractivity contribution is 7.19. The zero-order chi connectivity index (χ0) is 15.1. The molecule has 0 amide bonds. The maximum absolute atomic E-state index is 5.91. The normalized spacial score (nSPS) is 11.6. The van der Waals surface area contributed by atoms with Crippen molar-refractivity contribution in [1.29, 1.82) is 0 Å². The molecule has 0 aliphatic heterocycles. The predicted molar refractivity (Wildman–Crippen MR) is 93.0 cm³/mol. The van der Waals surface area contributed by atoms with Crippen molar-refractivity contribution in [3.05, 3.63) is 34.7 Å². The summed E-state index contributed by atoms with van der Waals surface area (Å²) in [5.74, 6) is 0. The van der Waals surface area contributed by atoms with Crippen LogP contribution in [0.3, 0.4) is 0 Å². The number of benzene rings is 1. The van der Waals surface area contributed by atoms with Gasteiger partial charge >= 0.3 is 0 Å². The highest BCUT2D eigenvalue weighted by Gasteiger charge is 2.12. The molecule has 2 nitrogen and oxygen atoms in total. The van der Waals surface area contributed by atoms with Crippen LogP contribution in [0.1, 0.15) is 50.5 Å². The summed E-state index contributed by atoms with van der Waals surface area (Å²) in [4.78, 5) is 1.42. The Labute approximate surface area is 132 Å². The molecule has 116 valence electrons. The molecule has 0 bridgehead atoms. The van der Waals surface area contributed by atoms with Gasteiger partial charge in [0, 0.05) is 34.3 Å². The second-order valence-corrected chi connectivity index (χ2v) is 6.93. The molecular formula is C18H27NOS. The van der Waals surface area contributed by atoms with Crippen LogP contribution in [0.5, 0.6) is 0 Å². The zero-order valence-corrected chi connectivity index (χ0v) is 14.3. The average molecular weight is 305 g/mol. The van der Waals surface area contributed by atoms with Crippen LogP contribution in [0.25, 0.3) is 10.1 Å². The summed E-state index contributed by atoms with van der Waals surface area (Å²) < 4.78 is 7.28. The van der Waals surface area contributed by atoms with E-state index < -0.39 is 0 Å². The molecule has 0 radical (unpaired) electrons. The van der Waals surface area contributed by atoms with E-state index in [2.05, 4.69) is 50.4 Å². The van der Waals surface area contributed by atoms with E-state index in [1.807, 2.05) is 11.3 Å². The molecule has 2 rings (SSSR count). The van der Waals surface area contributed by atoms with Crippen molar-refractivity contribution < 1.29 is 4.74 Å². The Bertz CT molecular complexity index is 547. The standard InChI is InChI=1S/C18H27NOS/c1-4-5-8-11-20-13-16-15-9-6-7-10-17(15)21-18(16)12-19-14(2)3/h6-7,9-10,14,19H,4-5,8,11-13H2,1-3H3. The first-order chi connectivity index (χ1) is 10.2. The minimum Gasteiger partial charge on any atom is -0.377 e. The van der Waals surface area contributed by atoms with E-state index >= 15 is 0 Å². The fourth-order valence-electron chi connectivity index (χ4n) is 2.38. The van der Waals surface area contributed by atoms with Gasteiger partial charge in [-0.1, -0.05) is 51.8 Å². The SMILES string of the molecule is CCCCCOCc1c(CNC(C)C)sc2ccccc12. The third kappa shape index (κ3) is 4.80. The number of rotatable bonds is 9. The van der Waals surface area contributed by atoms with Crippen molar-refractivity contribution >= 4 is 21.4 Å². The van der Waals surface area contributed by atoms with Gasteiger partial charge in [0.2, 0.25) is 0 Å². The number of nitrogens with one attached hydrogen (secondary N) is 1. The summed E-state index contributed by atoms with van der Waals surface area (Å²) in [6.07, 6.45) is 3.67. The van der Waals surface area contributed by atoms with Gasteiger partial charge < -0.3 is 10.1 Å². The van der Waals surface area contributed by atoms with Crippen molar-refractivity contribution in [2.75, 3.05) is 6.61 Å². The maximum Gasteiger partial charge on any atom is 0.0734 e. The fraction of sp³-hybridized carbons (Fsp3) is 0.556. The van der Waals surface area contributed by atoms with Crippen LogP contribution in [-0.4, -0.2) is 12.6 Å². The lowest BCUT2D eigenvalue weighted by Gasteiger charge is -2.09. The minimum absolute atomic E-state index is 0.508. The monoisotopic (exact) mass is 305 g/mol. The summed E-state index contributed by atoms with van der Waals surface area (Å²) >= 11 is 1.89. The number of hydrogen-bond donors (Lipinski definition) is 1. The Morgan fingerprint density at radius 2 is 2.00 bits per heavy atom. The predicted octanol–water partition coefficient (Wildman–Crippen LogP) is 5.11. The van der Waals surface area contributed by atoms with Crippen LogP contribution in [0.15, 0.2) is 24.3 Å². The summed E-state index contributed by atoms with van der Waals surface area (Å²) in [5, 5.41) is 4.89. The van der Waals surface area contributed by atoms with Gasteiger partial charge in [-0.05, 0) is 17.9 Å². The molecular weight excluding hydrogens is 278 g/mol. The molecule has 1 aromatic heterocycles. The number of hydrogen-bond acceptors (Lipinski definition) is 3. The van der Waals surface area contributed by atoms with Crippen molar-refractivity contribution in [3.63, 3.8) is 0 Å². The third-order valence-corrected chi connectivity index (χ3v) is 4.80. The van der Waals surface area contributed by atoms with Gasteiger partial charge in [0.1, 0.15) is 0 Å². The quantitative estimate of drug-likeness (QED) is 0.650. The van der Waals surface area contributed by atoms with E-state index in [0.29, 0.717) is 6.04 Å². The van der Waals surface area contributed by atoms with E-state index in [-0.39, 0.29) is 0 Å². The number of thiophene rings is 1. The molecule has 0 spiro atoms. The van der Waals surface area contributed by atoms with Gasteiger partial charge in [-0.15, -0.1) is 11.3 Å². The first-order valence-corrected chi connectivity index (χ1v) is 8.84. The fourth-order valence-corrected chi connectivity index (χ4v) is 3.54. The Hall–Kier alpha value is -0.900. The summed E-state index contributed by atoms with van der Waals surface area (Å²) in [6, 6.07) is 9.17. The lowest BCUT2D eigenvalue weighted by atomic mass is 10.1. The van der Waals surface area contributed by atoms with Gasteiger partial charge in [0.05, 0.1) is 6.61 Å². The van der Waals surface area contributed by atoms with Crippen molar-refractivity contribution in [1.82, 2.24) is 5.32 Å². The Kier molecular flexibility index (Phi) is 6.68. The largest absolute Gasteiger partial charge is 0.377 e. The first kappa shape index (κ1) is 16.5. The smallest absolute Gasteiger partial charge is 0.0734 e. The Morgan fingerprint density at radius 3 is 2.76 bits per heavy atom. The van der Waals surface area contributed by atoms with E-state index in [1.54, 1.807) is 0 Å². The van der Waals surface area contributed by atoms with Gasteiger partial charge in [-0.25, -0.2) is 0 Å². The Morgan fingerprint density at radius 1 is 1.19 bits per heavy atom. The lowest BCUT2D eigenvalue weighted by molar-refractivity contribution is 0.117. The average Bonchev–Trinajstić information content (AvgIpc) is 2.83. The van der Waals surface area contributed by atoms with E-state index in [0.717, 1.165) is 26.2 Å². The molecule has 0 aliphatic rings. The third-order valence-electron chi connectivity index (χ3n) is 3.59. The van der Waals surface area contributed by atoms with Crippen LogP contribution >= 0.6 is 11.3 Å². The van der Waals surface area contributed by atoms with Crippen molar-refractivity contribution in [2.24, 2.45) is 0 Å². The summed E-state index contributed by atoms with van der Waals surface area (Å²) in [7, 11) is 0. The van der Waals surface area contributed by atoms with Gasteiger partial charge in [-0.2, -0.15) is 0 Å². The number of ether oxygens (including phenoxy) is 1. The van der Waals surface area contributed by atoms with Crippen LogP contribution < -0.4 is 5.32 Å². The lowest BCUT2D eigenvalue weighted by Crippen LogP contribution is -2.21. The molecule has 0 aliphatic carbocycles. The van der Waals surface area contributed by atoms with Gasteiger partial charge in [-0.3, -0.25) is 0 Å². The highest BCUT2D eigenvalue weighted by atomic mass is 32.1. The highest BCUT2D eigenvalue weighted by Crippen LogP contribution is 2.32. The van der Waals surface area contributed by atoms with Crippen LogP contribution in [0, 0.1) is 0 Å². The first-order valence-electron chi connectivity index (χ1n) is 8.02. The molecule has 1 aromatic carbocycles. The molecule has 21 heavy (non-hydrogen) atoms. The molecule has 0 atom stereocenters. The summed E-state index contributed by atoms with van der Waals surface area (Å²) in [5.41, 5.74) is 1.38.